The van der Waals surface area contributed by atoms with Gasteiger partial charge in [-0.3, -0.25) is 0 Å². The van der Waals surface area contributed by atoms with E-state index < -0.39 is 0 Å². The summed E-state index contributed by atoms with van der Waals surface area (Å²) in [5.74, 6) is 0. The molecule has 3 heteroatoms. The summed E-state index contributed by atoms with van der Waals surface area (Å²) in [7, 11) is 0. The van der Waals surface area contributed by atoms with Gasteiger partial charge in [0.1, 0.15) is 0 Å². The molecule has 0 atom stereocenters. The largest absolute Gasteiger partial charge is 0.371 e. The molecule has 20 heavy (non-hydrogen) atoms. The molecule has 1 aromatic carbocycles. The van der Waals surface area contributed by atoms with Crippen molar-refractivity contribution in [2.75, 3.05) is 13.1 Å². The Kier molecular flexibility index (Phi) is 6.78. The van der Waals surface area contributed by atoms with Crippen LogP contribution in [0.2, 0.25) is 0 Å². The van der Waals surface area contributed by atoms with Gasteiger partial charge in [-0.1, -0.05) is 37.3 Å². The Bertz CT molecular complexity index is 481. The first-order valence-corrected chi connectivity index (χ1v) is 8.15. The van der Waals surface area contributed by atoms with Crippen molar-refractivity contribution in [3.8, 4) is 0 Å². The van der Waals surface area contributed by atoms with Gasteiger partial charge >= 0.3 is 0 Å². The Balaban J connectivity index is 1.80. The highest BCUT2D eigenvalue weighted by atomic mass is 32.1. The number of thiophene rings is 1. The standard InChI is InChI=1S/C17H23NOS/c1-2-10-18-11-9-15-6-3-4-7-16(15)13-19-14-17-8-5-12-20-17/h3-8,12,18H,2,9-11,13-14H2,1H3. The van der Waals surface area contributed by atoms with E-state index in [9.17, 15) is 0 Å². The van der Waals surface area contributed by atoms with Crippen LogP contribution < -0.4 is 5.32 Å². The summed E-state index contributed by atoms with van der Waals surface area (Å²) < 4.78 is 5.82. The summed E-state index contributed by atoms with van der Waals surface area (Å²) in [4.78, 5) is 1.28. The molecule has 0 bridgehead atoms. The van der Waals surface area contributed by atoms with Gasteiger partial charge in [0, 0.05) is 4.88 Å². The Morgan fingerprint density at radius 1 is 1.00 bits per heavy atom. The monoisotopic (exact) mass is 289 g/mol. The molecular weight excluding hydrogens is 266 g/mol. The van der Waals surface area contributed by atoms with E-state index in [4.69, 9.17) is 4.74 Å². The second-order valence-corrected chi connectivity index (χ2v) is 5.87. The van der Waals surface area contributed by atoms with Gasteiger partial charge in [0.25, 0.3) is 0 Å². The minimum absolute atomic E-state index is 0.696. The van der Waals surface area contributed by atoms with Crippen molar-refractivity contribution in [2.24, 2.45) is 0 Å². The molecule has 1 aromatic heterocycles. The number of ether oxygens (including phenoxy) is 1. The van der Waals surface area contributed by atoms with Crippen LogP contribution in [-0.2, 0) is 24.4 Å². The maximum atomic E-state index is 5.82. The predicted octanol–water partition coefficient (Wildman–Crippen LogP) is 4.01. The number of hydrogen-bond donors (Lipinski definition) is 1. The number of rotatable bonds is 9. The SMILES string of the molecule is CCCNCCc1ccccc1COCc1cccs1. The molecule has 0 fully saturated rings. The van der Waals surface area contributed by atoms with Crippen molar-refractivity contribution in [2.45, 2.75) is 33.0 Å². The fourth-order valence-electron chi connectivity index (χ4n) is 2.12. The third kappa shape index (κ3) is 5.08. The highest BCUT2D eigenvalue weighted by Gasteiger charge is 2.02. The summed E-state index contributed by atoms with van der Waals surface area (Å²) in [6, 6.07) is 12.8. The van der Waals surface area contributed by atoms with Gasteiger partial charge in [0.05, 0.1) is 13.2 Å². The summed E-state index contributed by atoms with van der Waals surface area (Å²) in [6.45, 7) is 5.73. The van der Waals surface area contributed by atoms with Gasteiger partial charge in [-0.05, 0) is 48.5 Å². The minimum atomic E-state index is 0.696. The molecule has 0 amide bonds. The van der Waals surface area contributed by atoms with Crippen LogP contribution >= 0.6 is 11.3 Å². The smallest absolute Gasteiger partial charge is 0.0813 e. The average molecular weight is 289 g/mol. The third-order valence-electron chi connectivity index (χ3n) is 3.20. The van der Waals surface area contributed by atoms with Crippen LogP contribution in [0.25, 0.3) is 0 Å². The second kappa shape index (κ2) is 8.90. The zero-order chi connectivity index (χ0) is 14.0. The van der Waals surface area contributed by atoms with Crippen molar-refractivity contribution < 1.29 is 4.74 Å². The molecular formula is C17H23NOS. The molecule has 0 aliphatic carbocycles. The Labute approximate surface area is 125 Å². The molecule has 0 spiro atoms. The maximum absolute atomic E-state index is 5.82. The average Bonchev–Trinajstić information content (AvgIpc) is 2.98. The molecule has 0 aliphatic heterocycles. The first-order chi connectivity index (χ1) is 9.90. The lowest BCUT2D eigenvalue weighted by atomic mass is 10.1. The molecule has 0 saturated carbocycles. The van der Waals surface area contributed by atoms with E-state index >= 15 is 0 Å². The van der Waals surface area contributed by atoms with E-state index in [0.29, 0.717) is 13.2 Å². The maximum Gasteiger partial charge on any atom is 0.0813 e. The van der Waals surface area contributed by atoms with E-state index in [1.165, 1.54) is 22.4 Å². The van der Waals surface area contributed by atoms with Crippen molar-refractivity contribution in [1.29, 1.82) is 0 Å². The summed E-state index contributed by atoms with van der Waals surface area (Å²) >= 11 is 1.75. The number of hydrogen-bond acceptors (Lipinski definition) is 3. The van der Waals surface area contributed by atoms with Crippen LogP contribution in [0.4, 0.5) is 0 Å². The van der Waals surface area contributed by atoms with E-state index in [0.717, 1.165) is 19.5 Å². The van der Waals surface area contributed by atoms with Crippen molar-refractivity contribution >= 4 is 11.3 Å². The van der Waals surface area contributed by atoms with Gasteiger partial charge in [-0.2, -0.15) is 0 Å². The Morgan fingerprint density at radius 2 is 1.85 bits per heavy atom. The molecule has 0 radical (unpaired) electrons. The Morgan fingerprint density at radius 3 is 2.60 bits per heavy atom. The topological polar surface area (TPSA) is 21.3 Å². The molecule has 0 saturated heterocycles. The van der Waals surface area contributed by atoms with Crippen molar-refractivity contribution in [3.05, 3.63) is 57.8 Å². The van der Waals surface area contributed by atoms with Gasteiger partial charge in [-0.25, -0.2) is 0 Å². The highest BCUT2D eigenvalue weighted by molar-refractivity contribution is 7.09. The number of nitrogens with one attached hydrogen (secondary N) is 1. The summed E-state index contributed by atoms with van der Waals surface area (Å²) in [5.41, 5.74) is 2.70. The van der Waals surface area contributed by atoms with E-state index in [1.807, 2.05) is 0 Å². The normalized spacial score (nSPS) is 10.8. The molecule has 2 aromatic rings. The van der Waals surface area contributed by atoms with Crippen LogP contribution in [-0.4, -0.2) is 13.1 Å². The van der Waals surface area contributed by atoms with E-state index in [1.54, 1.807) is 11.3 Å². The lowest BCUT2D eigenvalue weighted by Crippen LogP contribution is -2.18. The zero-order valence-electron chi connectivity index (χ0n) is 12.1. The van der Waals surface area contributed by atoms with Crippen LogP contribution in [0.1, 0.15) is 29.3 Å². The lowest BCUT2D eigenvalue weighted by molar-refractivity contribution is 0.108. The van der Waals surface area contributed by atoms with Gasteiger partial charge in [0.15, 0.2) is 0 Å². The van der Waals surface area contributed by atoms with Crippen LogP contribution in [0, 0.1) is 0 Å². The molecule has 1 N–H and O–H groups in total. The van der Waals surface area contributed by atoms with E-state index in [2.05, 4.69) is 54.0 Å². The molecule has 2 rings (SSSR count). The second-order valence-electron chi connectivity index (χ2n) is 4.84. The van der Waals surface area contributed by atoms with Crippen molar-refractivity contribution in [1.82, 2.24) is 5.32 Å². The van der Waals surface area contributed by atoms with Gasteiger partial charge < -0.3 is 10.1 Å². The molecule has 2 nitrogen and oxygen atoms in total. The lowest BCUT2D eigenvalue weighted by Gasteiger charge is -2.10. The first-order valence-electron chi connectivity index (χ1n) is 7.27. The van der Waals surface area contributed by atoms with E-state index in [-0.39, 0.29) is 0 Å². The molecule has 1 heterocycles. The molecule has 0 unspecified atom stereocenters. The fraction of sp³-hybridized carbons (Fsp3) is 0.412. The van der Waals surface area contributed by atoms with Crippen LogP contribution in [0.3, 0.4) is 0 Å². The third-order valence-corrected chi connectivity index (χ3v) is 4.05. The van der Waals surface area contributed by atoms with Crippen molar-refractivity contribution in [3.63, 3.8) is 0 Å². The zero-order valence-corrected chi connectivity index (χ0v) is 12.9. The first kappa shape index (κ1) is 15.2. The predicted molar refractivity (Wildman–Crippen MR) is 86.1 cm³/mol. The quantitative estimate of drug-likeness (QED) is 0.704. The summed E-state index contributed by atoms with van der Waals surface area (Å²) in [6.07, 6.45) is 2.25. The minimum Gasteiger partial charge on any atom is -0.371 e. The number of benzene rings is 1. The van der Waals surface area contributed by atoms with Crippen LogP contribution in [0.15, 0.2) is 41.8 Å². The van der Waals surface area contributed by atoms with Crippen LogP contribution in [0.5, 0.6) is 0 Å². The van der Waals surface area contributed by atoms with Gasteiger partial charge in [0.2, 0.25) is 0 Å². The van der Waals surface area contributed by atoms with Gasteiger partial charge in [-0.15, -0.1) is 11.3 Å². The highest BCUT2D eigenvalue weighted by Crippen LogP contribution is 2.14. The molecule has 0 aliphatic rings. The Hall–Kier alpha value is -1.16. The fourth-order valence-corrected chi connectivity index (χ4v) is 2.76. The molecule has 108 valence electrons. The summed E-state index contributed by atoms with van der Waals surface area (Å²) in [5, 5.41) is 5.54.